The van der Waals surface area contributed by atoms with Crippen LogP contribution in [-0.4, -0.2) is 17.2 Å². The van der Waals surface area contributed by atoms with Gasteiger partial charge >= 0.3 is 0 Å². The molecule has 0 spiro atoms. The minimum atomic E-state index is 0.952. The molecule has 0 amide bonds. The number of nitrogens with one attached hydrogen (secondary N) is 2. The molecule has 0 aliphatic rings. The Morgan fingerprint density at radius 2 is 1.67 bits per heavy atom. The first-order valence-electron chi connectivity index (χ1n) is 5.46. The van der Waals surface area contributed by atoms with Gasteiger partial charge in [-0.1, -0.05) is 19.8 Å². The monoisotopic (exact) mass is 199 g/mol. The van der Waals surface area contributed by atoms with Gasteiger partial charge in [-0.05, 0) is 30.2 Å². The predicted octanol–water partition coefficient (Wildman–Crippen LogP) is 1.87. The summed E-state index contributed by atoms with van der Waals surface area (Å²) in [6.45, 7) is 4.20. The molecule has 0 aromatic carbocycles. The maximum Gasteiger partial charge on any atom is 0.171 e. The molecule has 2 rings (SSSR count). The van der Waals surface area contributed by atoms with Crippen molar-refractivity contribution < 1.29 is 0 Å². The summed E-state index contributed by atoms with van der Waals surface area (Å²) in [6, 6.07) is 8.57. The first-order valence-corrected chi connectivity index (χ1v) is 5.46. The quantitative estimate of drug-likeness (QED) is 0.704. The third-order valence-corrected chi connectivity index (χ3v) is 2.65. The van der Waals surface area contributed by atoms with Crippen LogP contribution in [0.2, 0.25) is 6.82 Å². The Morgan fingerprint density at radius 3 is 2.27 bits per heavy atom. The van der Waals surface area contributed by atoms with Crippen LogP contribution in [0.3, 0.4) is 0 Å². The van der Waals surface area contributed by atoms with Crippen LogP contribution in [0.1, 0.15) is 24.0 Å². The Hall–Kier alpha value is -1.38. The normalized spacial score (nSPS) is 10.5. The molecule has 3 heteroatoms. The fourth-order valence-corrected chi connectivity index (χ4v) is 1.74. The largest absolute Gasteiger partial charge is 0.371 e. The molecule has 0 fully saturated rings. The third-order valence-electron chi connectivity index (χ3n) is 2.65. The van der Waals surface area contributed by atoms with Gasteiger partial charge in [0.2, 0.25) is 0 Å². The van der Waals surface area contributed by atoms with Gasteiger partial charge in [0.15, 0.2) is 7.28 Å². The van der Waals surface area contributed by atoms with Gasteiger partial charge in [0, 0.05) is 23.5 Å². The van der Waals surface area contributed by atoms with E-state index >= 15 is 0 Å². The van der Waals surface area contributed by atoms with Crippen LogP contribution in [0, 0.1) is 0 Å². The number of hydrogen-bond acceptors (Lipinski definition) is 0. The minimum Gasteiger partial charge on any atom is -0.371 e. The molecule has 2 nitrogen and oxygen atoms in total. The highest BCUT2D eigenvalue weighted by Gasteiger charge is 2.01. The molecule has 0 aliphatic heterocycles. The number of aryl methyl sites for hydroxylation is 1. The van der Waals surface area contributed by atoms with Gasteiger partial charge in [-0.15, -0.1) is 0 Å². The molecule has 15 heavy (non-hydrogen) atoms. The van der Waals surface area contributed by atoms with Gasteiger partial charge in [0.05, 0.1) is 0 Å². The van der Waals surface area contributed by atoms with Gasteiger partial charge in [-0.2, -0.15) is 0 Å². The summed E-state index contributed by atoms with van der Waals surface area (Å²) in [5.41, 5.74) is 5.02. The smallest absolute Gasteiger partial charge is 0.171 e. The predicted molar refractivity (Wildman–Crippen MR) is 65.0 cm³/mol. The summed E-state index contributed by atoms with van der Waals surface area (Å²) in [7, 11) is 2.08. The van der Waals surface area contributed by atoms with Crippen LogP contribution in [0.15, 0.2) is 24.3 Å². The van der Waals surface area contributed by atoms with E-state index in [4.69, 9.17) is 0 Å². The van der Waals surface area contributed by atoms with Gasteiger partial charge in [-0.25, -0.2) is 0 Å². The zero-order chi connectivity index (χ0) is 10.7. The van der Waals surface area contributed by atoms with E-state index in [9.17, 15) is 0 Å². The number of rotatable bonds is 4. The lowest BCUT2D eigenvalue weighted by atomic mass is 9.78. The molecule has 2 aromatic rings. The van der Waals surface area contributed by atoms with E-state index in [1.54, 1.807) is 0 Å². The lowest BCUT2D eigenvalue weighted by Gasteiger charge is -1.96. The minimum absolute atomic E-state index is 0.952. The van der Waals surface area contributed by atoms with Gasteiger partial charge in [-0.3, -0.25) is 0 Å². The van der Waals surface area contributed by atoms with Crippen molar-refractivity contribution in [2.75, 3.05) is 0 Å². The lowest BCUT2D eigenvalue weighted by molar-refractivity contribution is 0.997. The molecular weight excluding hydrogens is 183 g/mol. The van der Waals surface area contributed by atoms with Crippen molar-refractivity contribution in [2.24, 2.45) is 0 Å². The van der Waals surface area contributed by atoms with Crippen LogP contribution in [0.5, 0.6) is 0 Å². The molecule has 0 saturated heterocycles. The van der Waals surface area contributed by atoms with Crippen molar-refractivity contribution in [3.63, 3.8) is 0 Å². The average molecular weight is 199 g/mol. The number of aromatic amines is 2. The van der Waals surface area contributed by atoms with Crippen molar-refractivity contribution in [2.45, 2.75) is 26.6 Å². The van der Waals surface area contributed by atoms with Crippen LogP contribution in [0.25, 0.3) is 0 Å². The molecule has 0 saturated carbocycles. The van der Waals surface area contributed by atoms with Crippen LogP contribution in [0.4, 0.5) is 0 Å². The topological polar surface area (TPSA) is 31.6 Å². The molecule has 0 bridgehead atoms. The Labute approximate surface area is 91.4 Å². The second kappa shape index (κ2) is 4.43. The van der Waals surface area contributed by atoms with E-state index in [1.165, 1.54) is 22.7 Å². The van der Waals surface area contributed by atoms with Gasteiger partial charge in [0.1, 0.15) is 0 Å². The summed E-state index contributed by atoms with van der Waals surface area (Å²) in [5.74, 6) is 0. The highest BCUT2D eigenvalue weighted by Crippen LogP contribution is 2.07. The molecule has 77 valence electrons. The fraction of sp³-hybridized carbons (Fsp3) is 0.333. The molecule has 2 aromatic heterocycles. The summed E-state index contributed by atoms with van der Waals surface area (Å²) >= 11 is 0. The van der Waals surface area contributed by atoms with Gasteiger partial charge in [0.25, 0.3) is 0 Å². The molecule has 0 unspecified atom stereocenters. The van der Waals surface area contributed by atoms with E-state index in [0.29, 0.717) is 0 Å². The van der Waals surface area contributed by atoms with Crippen LogP contribution < -0.4 is 5.59 Å². The van der Waals surface area contributed by atoms with Gasteiger partial charge < -0.3 is 9.97 Å². The Balaban J connectivity index is 2.07. The molecule has 0 aliphatic carbocycles. The SMILES string of the molecule is C[B]c1ccc(Cc2ccc(CC)[nH]2)[nH]1. The van der Waals surface area contributed by atoms with Crippen molar-refractivity contribution in [3.8, 4) is 0 Å². The maximum absolute atomic E-state index is 3.41. The molecule has 0 atom stereocenters. The average Bonchev–Trinajstić information content (AvgIpc) is 2.87. The van der Waals surface area contributed by atoms with E-state index in [2.05, 4.69) is 48.4 Å². The summed E-state index contributed by atoms with van der Waals surface area (Å²) < 4.78 is 0. The molecule has 2 N–H and O–H groups in total. The third kappa shape index (κ3) is 2.35. The zero-order valence-corrected chi connectivity index (χ0v) is 9.30. The number of aromatic nitrogens is 2. The Morgan fingerprint density at radius 1 is 1.00 bits per heavy atom. The number of H-pyrrole nitrogens is 2. The summed E-state index contributed by atoms with van der Waals surface area (Å²) in [4.78, 5) is 6.77. The molecule has 2 heterocycles. The van der Waals surface area contributed by atoms with E-state index in [-0.39, 0.29) is 0 Å². The molecular formula is C12H16BN2. The van der Waals surface area contributed by atoms with Crippen molar-refractivity contribution in [1.29, 1.82) is 0 Å². The Kier molecular flexibility index (Phi) is 3.00. The van der Waals surface area contributed by atoms with Crippen molar-refractivity contribution >= 4 is 12.9 Å². The standard InChI is InChI=1S/C12H16BN2/c1-3-9-4-5-10(14-9)8-11-6-7-12(13-2)15-11/h4-7,14-15H,3,8H2,1-2H3. The molecule has 1 radical (unpaired) electrons. The highest BCUT2D eigenvalue weighted by molar-refractivity contribution is 6.50. The first-order chi connectivity index (χ1) is 7.31. The second-order valence-corrected chi connectivity index (χ2v) is 3.77. The van der Waals surface area contributed by atoms with E-state index in [1.807, 2.05) is 6.82 Å². The fourth-order valence-electron chi connectivity index (χ4n) is 1.74. The maximum atomic E-state index is 3.41. The van der Waals surface area contributed by atoms with E-state index < -0.39 is 0 Å². The van der Waals surface area contributed by atoms with E-state index in [0.717, 1.165) is 12.8 Å². The lowest BCUT2D eigenvalue weighted by Crippen LogP contribution is -2.11. The summed E-state index contributed by atoms with van der Waals surface area (Å²) in [5, 5.41) is 0. The first kappa shape index (κ1) is 10.2. The Bertz CT molecular complexity index is 388. The summed E-state index contributed by atoms with van der Waals surface area (Å²) in [6.07, 6.45) is 2.02. The van der Waals surface area contributed by atoms with Crippen LogP contribution >= 0.6 is 0 Å². The number of hydrogen-bond donors (Lipinski definition) is 2. The van der Waals surface area contributed by atoms with Crippen LogP contribution in [-0.2, 0) is 12.8 Å². The van der Waals surface area contributed by atoms with Crippen molar-refractivity contribution in [1.82, 2.24) is 9.97 Å². The zero-order valence-electron chi connectivity index (χ0n) is 9.30. The highest BCUT2D eigenvalue weighted by atomic mass is 14.7. The second-order valence-electron chi connectivity index (χ2n) is 3.77. The van der Waals surface area contributed by atoms with Crippen molar-refractivity contribution in [3.05, 3.63) is 41.3 Å².